The molecule has 10 radical (unpaired) electrons. The molecule has 21 heavy (non-hydrogen) atoms. The zero-order chi connectivity index (χ0) is 15.4. The molecule has 0 aromatic rings. The van der Waals surface area contributed by atoms with Crippen molar-refractivity contribution in [1.29, 1.82) is 0 Å². The van der Waals surface area contributed by atoms with E-state index < -0.39 is 16.4 Å². The van der Waals surface area contributed by atoms with Gasteiger partial charge in [0.1, 0.15) is 0 Å². The molecule has 2 nitrogen and oxygen atoms in total. The molecule has 0 spiro atoms. The van der Waals surface area contributed by atoms with E-state index >= 15 is 0 Å². The van der Waals surface area contributed by atoms with Gasteiger partial charge in [-0.25, -0.2) is 0 Å². The number of rotatable bonds is 2. The summed E-state index contributed by atoms with van der Waals surface area (Å²) in [7, 11) is -1.09. The third-order valence-corrected chi connectivity index (χ3v) is 4.61. The van der Waals surface area contributed by atoms with Gasteiger partial charge in [0, 0.05) is 38.5 Å². The van der Waals surface area contributed by atoms with Crippen molar-refractivity contribution in [3.8, 4) is 0 Å². The van der Waals surface area contributed by atoms with Gasteiger partial charge in [0.15, 0.2) is 0 Å². The summed E-state index contributed by atoms with van der Waals surface area (Å²) >= 11 is 0. The first kappa shape index (κ1) is 21.6. The number of hydrogen-bond acceptors (Lipinski definition) is 2. The SMILES string of the molecule is CC(C)(O)[C]1[CH][CH][CH][C]1[S@](=O)C(C)(C)C.[CH]1[CH][CH][CH][CH]1.[Fe]. The van der Waals surface area contributed by atoms with Crippen molar-refractivity contribution in [2.45, 2.75) is 45.0 Å². The largest absolute Gasteiger partial charge is 0.390 e. The fourth-order valence-electron chi connectivity index (χ4n) is 1.72. The molecule has 4 heteroatoms. The summed E-state index contributed by atoms with van der Waals surface area (Å²) in [5.41, 5.74) is -0.931. The second-order valence-electron chi connectivity index (χ2n) is 6.21. The van der Waals surface area contributed by atoms with E-state index in [1.165, 1.54) is 0 Å². The molecular formula is C17H24FeO2S. The van der Waals surface area contributed by atoms with Crippen LogP contribution >= 0.6 is 0 Å². The molecule has 0 aliphatic heterocycles. The summed E-state index contributed by atoms with van der Waals surface area (Å²) in [6.07, 6.45) is 15.5. The maximum absolute atomic E-state index is 12.2. The minimum absolute atomic E-state index is 0. The van der Waals surface area contributed by atoms with Crippen LogP contribution in [-0.4, -0.2) is 19.7 Å². The first-order chi connectivity index (χ1) is 9.14. The van der Waals surface area contributed by atoms with Crippen molar-refractivity contribution < 1.29 is 26.4 Å². The summed E-state index contributed by atoms with van der Waals surface area (Å²) < 4.78 is 11.9. The molecule has 118 valence electrons. The van der Waals surface area contributed by atoms with E-state index in [2.05, 4.69) is 0 Å². The van der Waals surface area contributed by atoms with Crippen LogP contribution in [0.15, 0.2) is 0 Å². The van der Waals surface area contributed by atoms with Gasteiger partial charge >= 0.3 is 0 Å². The Morgan fingerprint density at radius 2 is 1.29 bits per heavy atom. The first-order valence-corrected chi connectivity index (χ1v) is 7.86. The summed E-state index contributed by atoms with van der Waals surface area (Å²) in [4.78, 5) is 0. The predicted octanol–water partition coefficient (Wildman–Crippen LogP) is 3.06. The Hall–Kier alpha value is 0.629. The molecule has 2 rings (SSSR count). The number of hydrogen-bond donors (Lipinski definition) is 1. The van der Waals surface area contributed by atoms with Crippen LogP contribution in [-0.2, 0) is 27.9 Å². The van der Waals surface area contributed by atoms with Gasteiger partial charge in [-0.15, -0.1) is 0 Å². The van der Waals surface area contributed by atoms with E-state index in [0.717, 1.165) is 11.2 Å². The second-order valence-corrected chi connectivity index (χ2v) is 8.41. The van der Waals surface area contributed by atoms with E-state index in [1.54, 1.807) is 13.8 Å². The van der Waals surface area contributed by atoms with Crippen molar-refractivity contribution in [3.05, 3.63) is 62.5 Å². The molecule has 2 aliphatic carbocycles. The molecule has 0 bridgehead atoms. The Kier molecular flexibility index (Phi) is 9.33. The Labute approximate surface area is 144 Å². The van der Waals surface area contributed by atoms with E-state index in [0.29, 0.717) is 0 Å². The molecule has 1 atom stereocenters. The van der Waals surface area contributed by atoms with Gasteiger partial charge in [-0.1, -0.05) is 0 Å². The average molecular weight is 348 g/mol. The molecule has 1 N–H and O–H groups in total. The van der Waals surface area contributed by atoms with Crippen molar-refractivity contribution in [2.24, 2.45) is 0 Å². The summed E-state index contributed by atoms with van der Waals surface area (Å²) in [6.45, 7) is 9.23. The minimum atomic E-state index is -1.09. The van der Waals surface area contributed by atoms with Crippen LogP contribution in [0.1, 0.15) is 34.6 Å². The van der Waals surface area contributed by atoms with Crippen molar-refractivity contribution >= 4 is 10.8 Å². The Balaban J connectivity index is 0.000000562. The van der Waals surface area contributed by atoms with Crippen LogP contribution in [0.2, 0.25) is 0 Å². The van der Waals surface area contributed by atoms with Gasteiger partial charge in [0.25, 0.3) is 0 Å². The van der Waals surface area contributed by atoms with E-state index in [1.807, 2.05) is 72.1 Å². The van der Waals surface area contributed by atoms with Crippen LogP contribution in [0.5, 0.6) is 0 Å². The van der Waals surface area contributed by atoms with Gasteiger partial charge in [-0.2, -0.15) is 0 Å². The van der Waals surface area contributed by atoms with E-state index in [-0.39, 0.29) is 21.8 Å². The van der Waals surface area contributed by atoms with Gasteiger partial charge in [0.05, 0.1) is 10.9 Å². The van der Waals surface area contributed by atoms with Gasteiger partial charge in [0.2, 0.25) is 0 Å². The average Bonchev–Trinajstić information content (AvgIpc) is 3.00. The van der Waals surface area contributed by atoms with Crippen molar-refractivity contribution in [2.75, 3.05) is 0 Å². The zero-order valence-corrected chi connectivity index (χ0v) is 15.2. The smallest absolute Gasteiger partial charge is 0.0772 e. The third-order valence-electron chi connectivity index (χ3n) is 2.75. The fraction of sp³-hybridized carbons (Fsp3) is 0.412. The first-order valence-electron chi connectivity index (χ1n) is 6.71. The predicted molar refractivity (Wildman–Crippen MR) is 85.1 cm³/mol. The molecule has 0 unspecified atom stereocenters. The van der Waals surface area contributed by atoms with Crippen LogP contribution < -0.4 is 0 Å². The monoisotopic (exact) mass is 348 g/mol. The molecule has 0 aromatic carbocycles. The standard InChI is InChI=1S/C12H19O2S.C5H5.Fe/c1-11(2,3)15(14)10-8-6-7-9(10)12(4,5)13;1-2-4-5-3-1;/h6-8,13H,1-5H3;1-5H;/t15-;;/m0../s1. The van der Waals surface area contributed by atoms with Gasteiger partial charge in [-0.3, -0.25) is 4.21 Å². The summed E-state index contributed by atoms with van der Waals surface area (Å²) in [6, 6.07) is 0. The molecule has 0 heterocycles. The molecular weight excluding hydrogens is 324 g/mol. The zero-order valence-electron chi connectivity index (χ0n) is 13.2. The number of aliphatic hydroxyl groups is 1. The second kappa shape index (κ2) is 9.05. The van der Waals surface area contributed by atoms with Crippen molar-refractivity contribution in [3.63, 3.8) is 0 Å². The summed E-state index contributed by atoms with van der Waals surface area (Å²) in [5, 5.41) is 10.7. The van der Waals surface area contributed by atoms with Gasteiger partial charge < -0.3 is 5.11 Å². The maximum Gasteiger partial charge on any atom is 0.0772 e. The van der Waals surface area contributed by atoms with Crippen LogP contribution in [0.3, 0.4) is 0 Å². The van der Waals surface area contributed by atoms with Gasteiger partial charge in [-0.05, 0) is 86.0 Å². The van der Waals surface area contributed by atoms with Crippen LogP contribution in [0.25, 0.3) is 0 Å². The summed E-state index contributed by atoms with van der Waals surface area (Å²) in [5.74, 6) is 0.760. The molecule has 2 aliphatic rings. The Morgan fingerprint density at radius 3 is 1.62 bits per heavy atom. The molecule has 2 fully saturated rings. The van der Waals surface area contributed by atoms with Crippen LogP contribution in [0, 0.1) is 62.5 Å². The quantitative estimate of drug-likeness (QED) is 0.779. The molecule has 0 saturated heterocycles. The Bertz CT molecular complexity index is 306. The fourth-order valence-corrected chi connectivity index (χ4v) is 3.10. The molecule has 0 aromatic heterocycles. The topological polar surface area (TPSA) is 37.3 Å². The third kappa shape index (κ3) is 7.16. The van der Waals surface area contributed by atoms with E-state index in [4.69, 9.17) is 0 Å². The van der Waals surface area contributed by atoms with Crippen LogP contribution in [0.4, 0.5) is 0 Å². The maximum atomic E-state index is 12.2. The molecule has 0 amide bonds. The van der Waals surface area contributed by atoms with E-state index in [9.17, 15) is 9.32 Å². The van der Waals surface area contributed by atoms with Crippen molar-refractivity contribution in [1.82, 2.24) is 0 Å². The Morgan fingerprint density at radius 1 is 0.857 bits per heavy atom. The molecule has 2 saturated carbocycles. The minimum Gasteiger partial charge on any atom is -0.390 e. The normalized spacial score (nSPS) is 22.4.